The second kappa shape index (κ2) is 6.97. The topological polar surface area (TPSA) is 64.1 Å². The number of hydrogen-bond acceptors (Lipinski definition) is 5. The van der Waals surface area contributed by atoms with Gasteiger partial charge in [0.25, 0.3) is 0 Å². The third-order valence-corrected chi connectivity index (χ3v) is 4.91. The summed E-state index contributed by atoms with van der Waals surface area (Å²) in [6, 6.07) is 5.58. The Hall–Kier alpha value is -1.13. The molecule has 5 nitrogen and oxygen atoms in total. The van der Waals surface area contributed by atoms with Crippen LogP contribution in [0.15, 0.2) is 24.4 Å². The van der Waals surface area contributed by atoms with E-state index in [4.69, 9.17) is 27.9 Å². The van der Waals surface area contributed by atoms with Crippen LogP contribution in [0, 0.1) is 0 Å². The fourth-order valence-corrected chi connectivity index (χ4v) is 3.40. The monoisotopic (exact) mass is 359 g/mol. The largest absolute Gasteiger partial charge is 0.380 e. The van der Waals surface area contributed by atoms with Gasteiger partial charge >= 0.3 is 0 Å². The van der Waals surface area contributed by atoms with E-state index in [0.29, 0.717) is 28.4 Å². The summed E-state index contributed by atoms with van der Waals surface area (Å²) in [6.45, 7) is 3.87. The molecule has 0 aliphatic carbocycles. The predicted molar refractivity (Wildman–Crippen MR) is 91.6 cm³/mol. The molecule has 0 unspecified atom stereocenters. The molecule has 118 valence electrons. The first kappa shape index (κ1) is 17.2. The predicted octanol–water partition coefficient (Wildman–Crippen LogP) is 3.92. The number of anilines is 2. The third-order valence-electron chi connectivity index (χ3n) is 2.92. The Bertz CT molecular complexity index is 734. The lowest BCUT2D eigenvalue weighted by Crippen LogP contribution is -2.12. The number of rotatable bonds is 5. The van der Waals surface area contributed by atoms with Crippen LogP contribution < -0.4 is 10.6 Å². The second-order valence-corrected chi connectivity index (χ2v) is 9.02. The normalized spacial score (nSPS) is 11.5. The van der Waals surface area contributed by atoms with E-state index in [2.05, 4.69) is 15.3 Å². The molecule has 0 radical (unpaired) electrons. The van der Waals surface area contributed by atoms with Crippen molar-refractivity contribution < 1.29 is 9.30 Å². The van der Waals surface area contributed by atoms with Crippen molar-refractivity contribution in [3.63, 3.8) is 0 Å². The molecule has 0 fully saturated rings. The van der Waals surface area contributed by atoms with E-state index in [9.17, 15) is 4.57 Å². The zero-order valence-electron chi connectivity index (χ0n) is 12.4. The van der Waals surface area contributed by atoms with Crippen molar-refractivity contribution in [2.24, 2.45) is 0 Å². The van der Waals surface area contributed by atoms with E-state index in [1.165, 1.54) is 6.20 Å². The maximum absolute atomic E-state index is 12.6. The zero-order chi connectivity index (χ0) is 16.3. The van der Waals surface area contributed by atoms with Crippen LogP contribution >= 0.6 is 30.3 Å². The van der Waals surface area contributed by atoms with Crippen LogP contribution in [-0.4, -0.2) is 30.4 Å². The fraction of sp³-hybridized carbons (Fsp3) is 0.286. The maximum atomic E-state index is 12.6. The Morgan fingerprint density at radius 1 is 1.32 bits per heavy atom. The number of nitrogens with zero attached hydrogens (tertiary/aromatic N) is 2. The molecule has 0 saturated heterocycles. The number of hydrogen-bond donors (Lipinski definition) is 1. The van der Waals surface area contributed by atoms with Crippen molar-refractivity contribution in [3.05, 3.63) is 40.3 Å². The summed E-state index contributed by atoms with van der Waals surface area (Å²) in [6.07, 6.45) is 1.41. The van der Waals surface area contributed by atoms with Crippen LogP contribution in [0.2, 0.25) is 10.3 Å². The molecule has 8 heteroatoms. The van der Waals surface area contributed by atoms with Crippen LogP contribution in [0.3, 0.4) is 0 Å². The lowest BCUT2D eigenvalue weighted by atomic mass is 10.2. The summed E-state index contributed by atoms with van der Waals surface area (Å²) >= 11 is 11.8. The summed E-state index contributed by atoms with van der Waals surface area (Å²) in [4.78, 5) is 7.85. The number of nitrogens with one attached hydrogen (secondary N) is 1. The Morgan fingerprint density at radius 2 is 2.05 bits per heavy atom. The summed E-state index contributed by atoms with van der Waals surface area (Å²) < 4.78 is 17.7. The van der Waals surface area contributed by atoms with Gasteiger partial charge in [-0.15, -0.1) is 0 Å². The average molecular weight is 360 g/mol. The van der Waals surface area contributed by atoms with Crippen molar-refractivity contribution in [3.8, 4) is 0 Å². The molecule has 2 aromatic rings. The van der Waals surface area contributed by atoms with Crippen molar-refractivity contribution in [2.45, 2.75) is 6.61 Å². The fourth-order valence-electron chi connectivity index (χ4n) is 1.95. The quantitative estimate of drug-likeness (QED) is 0.647. The van der Waals surface area contributed by atoms with Crippen LogP contribution in [-0.2, 0) is 15.9 Å². The molecule has 1 aromatic carbocycles. The minimum Gasteiger partial charge on any atom is -0.380 e. The van der Waals surface area contributed by atoms with Gasteiger partial charge in [-0.1, -0.05) is 17.7 Å². The highest BCUT2D eigenvalue weighted by Gasteiger charge is 2.18. The summed E-state index contributed by atoms with van der Waals surface area (Å²) in [5, 5.41) is 4.19. The highest BCUT2D eigenvalue weighted by molar-refractivity contribution is 7.70. The van der Waals surface area contributed by atoms with E-state index in [-0.39, 0.29) is 5.28 Å². The van der Waals surface area contributed by atoms with Crippen LogP contribution in [0.25, 0.3) is 0 Å². The highest BCUT2D eigenvalue weighted by Crippen LogP contribution is 2.39. The van der Waals surface area contributed by atoms with Crippen LogP contribution in [0.5, 0.6) is 0 Å². The molecule has 1 N–H and O–H groups in total. The van der Waals surface area contributed by atoms with E-state index in [1.54, 1.807) is 20.4 Å². The molecule has 0 amide bonds. The van der Waals surface area contributed by atoms with E-state index < -0.39 is 7.14 Å². The first-order chi connectivity index (χ1) is 10.3. The van der Waals surface area contributed by atoms with Gasteiger partial charge in [-0.2, -0.15) is 4.98 Å². The Balaban J connectivity index is 2.46. The maximum Gasteiger partial charge on any atom is 0.224 e. The molecule has 0 aliphatic rings. The van der Waals surface area contributed by atoms with Crippen molar-refractivity contribution in [2.75, 3.05) is 25.8 Å². The molecule has 0 aliphatic heterocycles. The SMILES string of the molecule is COCc1ccc(Nc2nc(Cl)ncc2Cl)c(P(C)(C)=O)c1. The van der Waals surface area contributed by atoms with Gasteiger partial charge in [0.1, 0.15) is 12.2 Å². The number of halogens is 2. The van der Waals surface area contributed by atoms with Crippen LogP contribution in [0.4, 0.5) is 11.5 Å². The standard InChI is InChI=1S/C14H16Cl2N3O2P/c1-21-8-9-4-5-11(12(6-9)22(2,3)20)18-13-10(15)7-17-14(16)19-13/h4-7H,8H2,1-3H3,(H,17,18,19). The van der Waals surface area contributed by atoms with Crippen LogP contribution in [0.1, 0.15) is 5.56 Å². The van der Waals surface area contributed by atoms with Crippen molar-refractivity contribution in [1.29, 1.82) is 0 Å². The Labute approximate surface area is 139 Å². The number of ether oxygens (including phenoxy) is 1. The minimum absolute atomic E-state index is 0.0839. The molecule has 0 bridgehead atoms. The highest BCUT2D eigenvalue weighted by atomic mass is 35.5. The summed E-state index contributed by atoms with van der Waals surface area (Å²) in [5.74, 6) is 0.371. The second-order valence-electron chi connectivity index (χ2n) is 5.10. The molecule has 1 aromatic heterocycles. The molecule has 0 atom stereocenters. The van der Waals surface area contributed by atoms with Gasteiger partial charge in [0.05, 0.1) is 18.5 Å². The van der Waals surface area contributed by atoms with Gasteiger partial charge in [-0.3, -0.25) is 0 Å². The third kappa shape index (κ3) is 4.20. The average Bonchev–Trinajstić information content (AvgIpc) is 2.43. The molecular weight excluding hydrogens is 344 g/mol. The first-order valence-electron chi connectivity index (χ1n) is 6.43. The van der Waals surface area contributed by atoms with Crippen molar-refractivity contribution in [1.82, 2.24) is 9.97 Å². The number of methoxy groups -OCH3 is 1. The van der Waals surface area contributed by atoms with Gasteiger partial charge in [0.2, 0.25) is 5.28 Å². The molecule has 0 saturated carbocycles. The first-order valence-corrected chi connectivity index (χ1v) is 9.79. The van der Waals surface area contributed by atoms with Gasteiger partial charge in [0.15, 0.2) is 5.82 Å². The van der Waals surface area contributed by atoms with E-state index in [1.807, 2.05) is 18.2 Å². The molecule has 0 spiro atoms. The molecule has 22 heavy (non-hydrogen) atoms. The zero-order valence-corrected chi connectivity index (χ0v) is 14.8. The van der Waals surface area contributed by atoms with E-state index in [0.717, 1.165) is 5.56 Å². The Morgan fingerprint density at radius 3 is 2.68 bits per heavy atom. The van der Waals surface area contributed by atoms with E-state index >= 15 is 0 Å². The smallest absolute Gasteiger partial charge is 0.224 e. The van der Waals surface area contributed by atoms with Gasteiger partial charge < -0.3 is 14.6 Å². The minimum atomic E-state index is -2.51. The van der Waals surface area contributed by atoms with Gasteiger partial charge in [-0.05, 0) is 42.6 Å². The Kier molecular flexibility index (Phi) is 5.45. The summed E-state index contributed by atoms with van der Waals surface area (Å²) in [5.41, 5.74) is 1.61. The lowest BCUT2D eigenvalue weighted by molar-refractivity contribution is 0.185. The molecule has 2 rings (SSSR count). The summed E-state index contributed by atoms with van der Waals surface area (Å²) in [7, 11) is -0.891. The van der Waals surface area contributed by atoms with Gasteiger partial charge in [0, 0.05) is 12.4 Å². The molecular formula is C14H16Cl2N3O2P. The number of aromatic nitrogens is 2. The molecule has 1 heterocycles. The van der Waals surface area contributed by atoms with Gasteiger partial charge in [-0.25, -0.2) is 4.98 Å². The number of benzene rings is 1. The van der Waals surface area contributed by atoms with Crippen molar-refractivity contribution >= 4 is 47.2 Å². The lowest BCUT2D eigenvalue weighted by Gasteiger charge is -2.17.